The molecule has 0 fully saturated rings. The summed E-state index contributed by atoms with van der Waals surface area (Å²) < 4.78 is -1.90. The molecule has 0 radical (unpaired) electrons. The molecule has 0 rings (SSSR count). The number of alkyl halides is 9. The molecule has 0 aromatic heterocycles. The van der Waals surface area contributed by atoms with Crippen molar-refractivity contribution >= 4 is 122 Å². The zero-order valence-corrected chi connectivity index (χ0v) is 19.5. The van der Waals surface area contributed by atoms with Crippen molar-refractivity contribution in [3.05, 3.63) is 0 Å². The Morgan fingerprint density at radius 2 is 1.08 bits per heavy atom. The highest BCUT2D eigenvalue weighted by Gasteiger charge is 2.38. The van der Waals surface area contributed by atoms with Gasteiger partial charge in [-0.05, 0) is 0 Å². The minimum atomic E-state index is -2.32. The molecule has 2 N–H and O–H groups in total. The van der Waals surface area contributed by atoms with E-state index in [9.17, 15) is 14.4 Å². The van der Waals surface area contributed by atoms with Crippen LogP contribution in [0.2, 0.25) is 0 Å². The third-order valence-electron chi connectivity index (χ3n) is 2.65. The molecule has 0 bridgehead atoms. The molecule has 26 heavy (non-hydrogen) atoms. The SMILES string of the molecule is CC(CNC(=O)C(Cl)(Cl)Cl)(CNC(=O)C(Cl)(Cl)Cl)COC(=O)C(Cl)(Cl)Cl. The fraction of sp³-hybridized carbons (Fsp3) is 0.727. The standard InChI is InChI=1S/C11H11Cl9N2O4/c1-8(2-21-5(23)9(12,13)14,3-22-6(24)10(15,16)17)4-26-7(25)11(18,19)20/h2-4H2,1H3,(H,21,23)(H,22,24). The first kappa shape index (κ1) is 27.0. The lowest BCUT2D eigenvalue weighted by molar-refractivity contribution is -0.145. The highest BCUT2D eigenvalue weighted by atomic mass is 35.6. The molecule has 0 aromatic rings. The van der Waals surface area contributed by atoms with Crippen molar-refractivity contribution in [2.45, 2.75) is 18.3 Å². The van der Waals surface area contributed by atoms with Gasteiger partial charge in [-0.1, -0.05) is 111 Å². The lowest BCUT2D eigenvalue weighted by atomic mass is 9.91. The van der Waals surface area contributed by atoms with E-state index in [2.05, 4.69) is 10.6 Å². The van der Waals surface area contributed by atoms with Crippen LogP contribution in [0.5, 0.6) is 0 Å². The van der Waals surface area contributed by atoms with E-state index >= 15 is 0 Å². The molecule has 0 aliphatic carbocycles. The number of carbonyl (C=O) groups excluding carboxylic acids is 3. The van der Waals surface area contributed by atoms with Crippen LogP contribution in [0, 0.1) is 5.41 Å². The molecule has 0 unspecified atom stereocenters. The Bertz CT molecular complexity index is 465. The molecule has 0 saturated heterocycles. The van der Waals surface area contributed by atoms with Crippen molar-refractivity contribution in [3.8, 4) is 0 Å². The van der Waals surface area contributed by atoms with Gasteiger partial charge in [0.05, 0.1) is 0 Å². The lowest BCUT2D eigenvalue weighted by Gasteiger charge is -2.31. The number of halogens is 9. The fourth-order valence-electron chi connectivity index (χ4n) is 1.27. The van der Waals surface area contributed by atoms with Crippen LogP contribution in [0.3, 0.4) is 0 Å². The Labute approximate surface area is 194 Å². The van der Waals surface area contributed by atoms with Crippen LogP contribution in [0.4, 0.5) is 0 Å². The van der Waals surface area contributed by atoms with Gasteiger partial charge in [-0.15, -0.1) is 0 Å². The van der Waals surface area contributed by atoms with Gasteiger partial charge in [-0.3, -0.25) is 9.59 Å². The van der Waals surface area contributed by atoms with E-state index < -0.39 is 41.2 Å². The maximum absolute atomic E-state index is 11.7. The average Bonchev–Trinajstić information content (AvgIpc) is 2.45. The molecule has 15 heteroatoms. The molecule has 6 nitrogen and oxygen atoms in total. The molecule has 152 valence electrons. The predicted molar refractivity (Wildman–Crippen MR) is 106 cm³/mol. The monoisotopic (exact) mass is 550 g/mol. The summed E-state index contributed by atoms with van der Waals surface area (Å²) in [6.45, 7) is 0.663. The van der Waals surface area contributed by atoms with Crippen molar-refractivity contribution < 1.29 is 19.1 Å². The van der Waals surface area contributed by atoms with E-state index in [4.69, 9.17) is 109 Å². The predicted octanol–water partition coefficient (Wildman–Crippen LogP) is 3.88. The summed E-state index contributed by atoms with van der Waals surface area (Å²) in [5.41, 5.74) is -1.14. The molecule has 0 spiro atoms. The summed E-state index contributed by atoms with van der Waals surface area (Å²) in [6, 6.07) is 0. The second-order valence-corrected chi connectivity index (χ2v) is 12.1. The van der Waals surface area contributed by atoms with E-state index in [1.165, 1.54) is 6.92 Å². The van der Waals surface area contributed by atoms with Gasteiger partial charge in [-0.2, -0.15) is 0 Å². The molecule has 0 aliphatic rings. The van der Waals surface area contributed by atoms with Crippen molar-refractivity contribution in [2.75, 3.05) is 19.7 Å². The summed E-state index contributed by atoms with van der Waals surface area (Å²) >= 11 is 48.9. The van der Waals surface area contributed by atoms with E-state index in [0.717, 1.165) is 0 Å². The van der Waals surface area contributed by atoms with E-state index in [0.29, 0.717) is 0 Å². The minimum absolute atomic E-state index is 0.215. The summed E-state index contributed by atoms with van der Waals surface area (Å²) in [4.78, 5) is 34.9. The van der Waals surface area contributed by atoms with Crippen LogP contribution in [-0.2, 0) is 19.1 Å². The average molecular weight is 554 g/mol. The second-order valence-electron chi connectivity index (χ2n) is 5.25. The molecule has 0 heterocycles. The third-order valence-corrected chi connectivity index (χ3v) is 4.14. The Morgan fingerprint density at radius 3 is 1.35 bits per heavy atom. The summed E-state index contributed by atoms with van der Waals surface area (Å²) in [5, 5.41) is 4.63. The molecule has 2 amide bonds. The number of carbonyl (C=O) groups is 3. The van der Waals surface area contributed by atoms with Crippen LogP contribution in [0.1, 0.15) is 6.92 Å². The van der Waals surface area contributed by atoms with Crippen LogP contribution in [-0.4, -0.2) is 48.9 Å². The van der Waals surface area contributed by atoms with Crippen molar-refractivity contribution in [1.82, 2.24) is 10.6 Å². The molecule has 0 atom stereocenters. The number of nitrogens with one attached hydrogen (secondary N) is 2. The van der Waals surface area contributed by atoms with Gasteiger partial charge in [0.1, 0.15) is 6.61 Å². The zero-order valence-electron chi connectivity index (χ0n) is 12.7. The smallest absolute Gasteiger partial charge is 0.358 e. The van der Waals surface area contributed by atoms with Gasteiger partial charge in [0.15, 0.2) is 0 Å². The molecular formula is C11H11Cl9N2O4. The number of esters is 1. The molecule has 0 saturated carbocycles. The highest BCUT2D eigenvalue weighted by Crippen LogP contribution is 2.30. The van der Waals surface area contributed by atoms with Gasteiger partial charge < -0.3 is 15.4 Å². The number of hydrogen-bond acceptors (Lipinski definition) is 4. The van der Waals surface area contributed by atoms with Gasteiger partial charge in [0.2, 0.25) is 0 Å². The Hall–Kier alpha value is 1.02. The summed E-state index contributed by atoms with van der Waals surface area (Å²) in [7, 11) is 0. The Balaban J connectivity index is 5.10. The van der Waals surface area contributed by atoms with Gasteiger partial charge >= 0.3 is 5.97 Å². The first-order valence-corrected chi connectivity index (χ1v) is 9.73. The summed E-state index contributed by atoms with van der Waals surface area (Å²) in [5.74, 6) is -3.07. The van der Waals surface area contributed by atoms with Crippen LogP contribution in [0.25, 0.3) is 0 Å². The lowest BCUT2D eigenvalue weighted by Crippen LogP contribution is -2.50. The topological polar surface area (TPSA) is 84.5 Å². The van der Waals surface area contributed by atoms with E-state index in [1.54, 1.807) is 0 Å². The quantitative estimate of drug-likeness (QED) is 0.386. The van der Waals surface area contributed by atoms with E-state index in [-0.39, 0.29) is 13.1 Å². The van der Waals surface area contributed by atoms with Crippen LogP contribution >= 0.6 is 104 Å². The van der Waals surface area contributed by atoms with Gasteiger partial charge in [-0.25, -0.2) is 4.79 Å². The van der Waals surface area contributed by atoms with Gasteiger partial charge in [0.25, 0.3) is 23.2 Å². The van der Waals surface area contributed by atoms with E-state index in [1.807, 2.05) is 0 Å². The third kappa shape index (κ3) is 10.5. The largest absolute Gasteiger partial charge is 0.462 e. The second kappa shape index (κ2) is 10.2. The minimum Gasteiger partial charge on any atom is -0.462 e. The number of rotatable bonds is 6. The molecular weight excluding hydrogens is 543 g/mol. The van der Waals surface area contributed by atoms with Crippen molar-refractivity contribution in [1.29, 1.82) is 0 Å². The molecule has 0 aromatic carbocycles. The molecule has 0 aliphatic heterocycles. The summed E-state index contributed by atoms with van der Waals surface area (Å²) in [6.07, 6.45) is 0. The maximum atomic E-state index is 11.7. The number of hydrogen-bond donors (Lipinski definition) is 2. The maximum Gasteiger partial charge on any atom is 0.358 e. The number of amides is 2. The van der Waals surface area contributed by atoms with Crippen molar-refractivity contribution in [2.24, 2.45) is 5.41 Å². The fourth-order valence-corrected chi connectivity index (χ4v) is 1.84. The first-order valence-electron chi connectivity index (χ1n) is 6.32. The Kier molecular flexibility index (Phi) is 10.6. The van der Waals surface area contributed by atoms with Crippen molar-refractivity contribution in [3.63, 3.8) is 0 Å². The van der Waals surface area contributed by atoms with Crippen LogP contribution in [0.15, 0.2) is 0 Å². The number of ether oxygens (including phenoxy) is 1. The van der Waals surface area contributed by atoms with Gasteiger partial charge in [0, 0.05) is 18.5 Å². The Morgan fingerprint density at radius 1 is 0.731 bits per heavy atom. The first-order chi connectivity index (χ1) is 11.4. The zero-order chi connectivity index (χ0) is 21.0. The van der Waals surface area contributed by atoms with Crippen LogP contribution < -0.4 is 10.6 Å². The normalized spacial score (nSPS) is 13.2. The highest BCUT2D eigenvalue weighted by molar-refractivity contribution is 6.77.